The predicted molar refractivity (Wildman–Crippen MR) is 123 cm³/mol. The van der Waals surface area contributed by atoms with Crippen LogP contribution in [0.1, 0.15) is 23.6 Å². The first kappa shape index (κ1) is 23.1. The molecule has 11 heteroatoms. The molecule has 10 nitrogen and oxygen atoms in total. The zero-order valence-electron chi connectivity index (χ0n) is 19.0. The standard InChI is InChI=1S/C22H28N6O4S/c1-16-14-20(28(24-16)19-8-5-4-6-9-19)23-21(29)15-26-10-7-11-27(13-12-26)33(30,31)22-17(2)25-32-18(22)3/h4-6,8-9,14H,7,10-13,15H2,1-3H3,(H,23,29). The van der Waals surface area contributed by atoms with E-state index in [9.17, 15) is 13.2 Å². The van der Waals surface area contributed by atoms with Gasteiger partial charge in [0.25, 0.3) is 0 Å². The minimum absolute atomic E-state index is 0.137. The SMILES string of the molecule is Cc1cc(NC(=O)CN2CCCN(S(=O)(=O)c3c(C)noc3C)CC2)n(-c2ccccc2)n1. The van der Waals surface area contributed by atoms with Crippen LogP contribution in [0.4, 0.5) is 5.82 Å². The summed E-state index contributed by atoms with van der Waals surface area (Å²) in [7, 11) is -3.70. The Morgan fingerprint density at radius 2 is 1.85 bits per heavy atom. The van der Waals surface area contributed by atoms with Crippen LogP contribution >= 0.6 is 0 Å². The number of para-hydroxylation sites is 1. The van der Waals surface area contributed by atoms with Crippen LogP contribution < -0.4 is 5.32 Å². The Balaban J connectivity index is 1.40. The van der Waals surface area contributed by atoms with Crippen molar-refractivity contribution in [2.45, 2.75) is 32.1 Å². The third kappa shape index (κ3) is 5.00. The number of aryl methyl sites for hydroxylation is 3. The fraction of sp³-hybridized carbons (Fsp3) is 0.409. The number of amides is 1. The smallest absolute Gasteiger partial charge is 0.248 e. The van der Waals surface area contributed by atoms with Crippen LogP contribution in [0.2, 0.25) is 0 Å². The summed E-state index contributed by atoms with van der Waals surface area (Å²) < 4.78 is 34.4. The molecule has 1 aromatic carbocycles. The third-order valence-corrected chi connectivity index (χ3v) is 7.72. The summed E-state index contributed by atoms with van der Waals surface area (Å²) in [5.41, 5.74) is 2.01. The van der Waals surface area contributed by atoms with Crippen molar-refractivity contribution in [3.05, 3.63) is 53.5 Å². The van der Waals surface area contributed by atoms with Gasteiger partial charge in [-0.3, -0.25) is 9.69 Å². The number of sulfonamides is 1. The van der Waals surface area contributed by atoms with E-state index in [2.05, 4.69) is 15.6 Å². The topological polar surface area (TPSA) is 114 Å². The molecular weight excluding hydrogens is 444 g/mol. The maximum atomic E-state index is 13.1. The van der Waals surface area contributed by atoms with Crippen LogP contribution in [0.5, 0.6) is 0 Å². The molecule has 2 aromatic heterocycles. The molecule has 3 heterocycles. The Morgan fingerprint density at radius 3 is 2.55 bits per heavy atom. The maximum absolute atomic E-state index is 13.1. The van der Waals surface area contributed by atoms with E-state index in [1.165, 1.54) is 4.31 Å². The van der Waals surface area contributed by atoms with Crippen molar-refractivity contribution in [3.63, 3.8) is 0 Å². The van der Waals surface area contributed by atoms with Gasteiger partial charge in [0.1, 0.15) is 16.4 Å². The van der Waals surface area contributed by atoms with Gasteiger partial charge in [-0.1, -0.05) is 23.4 Å². The normalized spacial score (nSPS) is 16.0. The van der Waals surface area contributed by atoms with Crippen LogP contribution in [0, 0.1) is 20.8 Å². The zero-order valence-corrected chi connectivity index (χ0v) is 19.8. The summed E-state index contributed by atoms with van der Waals surface area (Å²) in [4.78, 5) is 14.9. The largest absolute Gasteiger partial charge is 0.360 e. The van der Waals surface area contributed by atoms with Crippen molar-refractivity contribution >= 4 is 21.7 Å². The van der Waals surface area contributed by atoms with Gasteiger partial charge >= 0.3 is 0 Å². The lowest BCUT2D eigenvalue weighted by Crippen LogP contribution is -2.38. The molecule has 33 heavy (non-hydrogen) atoms. The highest BCUT2D eigenvalue weighted by Crippen LogP contribution is 2.24. The molecule has 3 aromatic rings. The predicted octanol–water partition coefficient (Wildman–Crippen LogP) is 2.12. The highest BCUT2D eigenvalue weighted by Gasteiger charge is 2.32. The monoisotopic (exact) mass is 472 g/mol. The molecule has 0 spiro atoms. The van der Waals surface area contributed by atoms with Crippen LogP contribution in [-0.4, -0.2) is 71.2 Å². The van der Waals surface area contributed by atoms with E-state index >= 15 is 0 Å². The summed E-state index contributed by atoms with van der Waals surface area (Å²) >= 11 is 0. The highest BCUT2D eigenvalue weighted by atomic mass is 32.2. The van der Waals surface area contributed by atoms with E-state index in [4.69, 9.17) is 4.52 Å². The Morgan fingerprint density at radius 1 is 1.09 bits per heavy atom. The lowest BCUT2D eigenvalue weighted by molar-refractivity contribution is -0.117. The summed E-state index contributed by atoms with van der Waals surface area (Å²) in [5, 5.41) is 11.2. The second-order valence-corrected chi connectivity index (χ2v) is 10.0. The molecule has 1 N–H and O–H groups in total. The fourth-order valence-electron chi connectivity index (χ4n) is 4.06. The van der Waals surface area contributed by atoms with Crippen molar-refractivity contribution < 1.29 is 17.7 Å². The molecule has 0 unspecified atom stereocenters. The average Bonchev–Trinajstić information content (AvgIpc) is 3.20. The first-order valence-corrected chi connectivity index (χ1v) is 12.3. The number of carbonyl (C=O) groups excluding carboxylic acids is 1. The third-order valence-electron chi connectivity index (χ3n) is 5.58. The first-order chi connectivity index (χ1) is 15.8. The lowest BCUT2D eigenvalue weighted by Gasteiger charge is -2.21. The molecule has 1 amide bonds. The first-order valence-electron chi connectivity index (χ1n) is 10.8. The Hall–Kier alpha value is -3.02. The Labute approximate surface area is 193 Å². The number of anilines is 1. The number of hydrogen-bond acceptors (Lipinski definition) is 7. The van der Waals surface area contributed by atoms with E-state index < -0.39 is 10.0 Å². The second kappa shape index (κ2) is 9.46. The van der Waals surface area contributed by atoms with Crippen molar-refractivity contribution in [3.8, 4) is 5.69 Å². The molecule has 1 saturated heterocycles. The molecule has 0 aliphatic carbocycles. The van der Waals surface area contributed by atoms with Gasteiger partial charge in [0.05, 0.1) is 17.9 Å². The van der Waals surface area contributed by atoms with E-state index in [0.717, 1.165) is 11.4 Å². The van der Waals surface area contributed by atoms with Crippen LogP contribution in [0.3, 0.4) is 0 Å². The minimum atomic E-state index is -3.70. The van der Waals surface area contributed by atoms with Gasteiger partial charge in [0, 0.05) is 25.7 Å². The van der Waals surface area contributed by atoms with Gasteiger partial charge in [0.15, 0.2) is 5.76 Å². The molecule has 1 aliphatic heterocycles. The summed E-state index contributed by atoms with van der Waals surface area (Å²) in [6.45, 7) is 7.01. The molecule has 1 fully saturated rings. The summed E-state index contributed by atoms with van der Waals surface area (Å²) in [5.74, 6) is 0.716. The van der Waals surface area contributed by atoms with Gasteiger partial charge in [0.2, 0.25) is 15.9 Å². The molecule has 0 saturated carbocycles. The zero-order chi connectivity index (χ0) is 23.6. The number of hydrogen-bond donors (Lipinski definition) is 1. The molecule has 176 valence electrons. The van der Waals surface area contributed by atoms with Crippen LogP contribution in [0.25, 0.3) is 5.69 Å². The van der Waals surface area contributed by atoms with Crippen molar-refractivity contribution in [2.75, 3.05) is 38.0 Å². The summed E-state index contributed by atoms with van der Waals surface area (Å²) in [6, 6.07) is 11.4. The molecule has 1 aliphatic rings. The van der Waals surface area contributed by atoms with E-state index in [0.29, 0.717) is 49.9 Å². The van der Waals surface area contributed by atoms with Gasteiger partial charge in [-0.25, -0.2) is 13.1 Å². The minimum Gasteiger partial charge on any atom is -0.360 e. The number of nitrogens with zero attached hydrogens (tertiary/aromatic N) is 5. The average molecular weight is 473 g/mol. The molecule has 4 rings (SSSR count). The summed E-state index contributed by atoms with van der Waals surface area (Å²) in [6.07, 6.45) is 0.622. The number of nitrogens with one attached hydrogen (secondary N) is 1. The van der Waals surface area contributed by atoms with Crippen LogP contribution in [0.15, 0.2) is 45.8 Å². The molecule has 0 bridgehead atoms. The quantitative estimate of drug-likeness (QED) is 0.585. The van der Waals surface area contributed by atoms with E-state index in [-0.39, 0.29) is 17.3 Å². The van der Waals surface area contributed by atoms with Gasteiger partial charge < -0.3 is 9.84 Å². The van der Waals surface area contributed by atoms with Crippen LogP contribution in [-0.2, 0) is 14.8 Å². The number of benzene rings is 1. The van der Waals surface area contributed by atoms with Gasteiger partial charge in [-0.2, -0.15) is 9.40 Å². The van der Waals surface area contributed by atoms with Gasteiger partial charge in [-0.15, -0.1) is 0 Å². The van der Waals surface area contributed by atoms with Crippen molar-refractivity contribution in [1.29, 1.82) is 0 Å². The van der Waals surface area contributed by atoms with Crippen molar-refractivity contribution in [1.82, 2.24) is 24.1 Å². The molecule has 0 atom stereocenters. The van der Waals surface area contributed by atoms with Gasteiger partial charge in [-0.05, 0) is 45.9 Å². The van der Waals surface area contributed by atoms with Crippen molar-refractivity contribution in [2.24, 2.45) is 0 Å². The fourth-order valence-corrected chi connectivity index (χ4v) is 5.82. The Bertz CT molecular complexity index is 1220. The molecule has 0 radical (unpaired) electrons. The van der Waals surface area contributed by atoms with E-state index in [1.807, 2.05) is 48.2 Å². The van der Waals surface area contributed by atoms with E-state index in [1.54, 1.807) is 18.5 Å². The second-order valence-electron chi connectivity index (χ2n) is 8.15. The number of aromatic nitrogens is 3. The Kier molecular flexibility index (Phi) is 6.63. The highest BCUT2D eigenvalue weighted by molar-refractivity contribution is 7.89. The number of rotatable bonds is 6. The maximum Gasteiger partial charge on any atom is 0.248 e. The number of carbonyl (C=O) groups is 1. The molecular formula is C22H28N6O4S. The lowest BCUT2D eigenvalue weighted by atomic mass is 10.3.